The first kappa shape index (κ1) is 17.2. The van der Waals surface area contributed by atoms with Gasteiger partial charge in [-0.1, -0.05) is 60.7 Å². The molecule has 1 saturated heterocycles. The first-order chi connectivity index (χ1) is 11.6. The van der Waals surface area contributed by atoms with Crippen molar-refractivity contribution in [3.8, 4) is 0 Å². The van der Waals surface area contributed by atoms with Crippen molar-refractivity contribution in [1.82, 2.24) is 4.90 Å². The smallest absolute Gasteiger partial charge is 0.115 e. The van der Waals surface area contributed by atoms with Gasteiger partial charge in [0.1, 0.15) is 5.60 Å². The summed E-state index contributed by atoms with van der Waals surface area (Å²) in [6, 6.07) is 21.5. The van der Waals surface area contributed by atoms with Gasteiger partial charge in [0.15, 0.2) is 0 Å². The second kappa shape index (κ2) is 7.50. The Labute approximate surface area is 146 Å². The SMILES string of the molecule is CC1CCC(C)N1CCCC(O)(c1ccccc1)c1ccccc1. The van der Waals surface area contributed by atoms with E-state index in [0.717, 1.165) is 30.5 Å². The Morgan fingerprint density at radius 1 is 0.875 bits per heavy atom. The van der Waals surface area contributed by atoms with Crippen LogP contribution in [0.25, 0.3) is 0 Å². The standard InChI is InChI=1S/C22H29NO/c1-18-14-15-19(2)23(18)17-9-16-22(24,20-10-5-3-6-11-20)21-12-7-4-8-13-21/h3-8,10-13,18-19,24H,9,14-17H2,1-2H3. The molecule has 128 valence electrons. The largest absolute Gasteiger partial charge is 0.380 e. The van der Waals surface area contributed by atoms with Crippen LogP contribution in [0.4, 0.5) is 0 Å². The minimum atomic E-state index is -0.908. The highest BCUT2D eigenvalue weighted by molar-refractivity contribution is 5.35. The predicted molar refractivity (Wildman–Crippen MR) is 100.0 cm³/mol. The first-order valence-corrected chi connectivity index (χ1v) is 9.20. The van der Waals surface area contributed by atoms with Crippen molar-refractivity contribution in [2.45, 2.75) is 57.2 Å². The maximum atomic E-state index is 11.5. The van der Waals surface area contributed by atoms with Crippen LogP contribution in [0.3, 0.4) is 0 Å². The van der Waals surface area contributed by atoms with Crippen LogP contribution in [-0.2, 0) is 5.60 Å². The molecule has 0 radical (unpaired) electrons. The lowest BCUT2D eigenvalue weighted by atomic mass is 9.82. The van der Waals surface area contributed by atoms with Crippen molar-refractivity contribution in [2.24, 2.45) is 0 Å². The minimum Gasteiger partial charge on any atom is -0.380 e. The van der Waals surface area contributed by atoms with E-state index in [0.29, 0.717) is 12.1 Å². The normalized spacial score (nSPS) is 22.0. The van der Waals surface area contributed by atoms with Crippen molar-refractivity contribution in [1.29, 1.82) is 0 Å². The van der Waals surface area contributed by atoms with Gasteiger partial charge >= 0.3 is 0 Å². The number of rotatable bonds is 6. The van der Waals surface area contributed by atoms with Gasteiger partial charge in [-0.25, -0.2) is 0 Å². The Kier molecular flexibility index (Phi) is 5.37. The average molecular weight is 323 g/mol. The van der Waals surface area contributed by atoms with Crippen LogP contribution in [-0.4, -0.2) is 28.6 Å². The van der Waals surface area contributed by atoms with Crippen LogP contribution >= 0.6 is 0 Å². The molecule has 1 fully saturated rings. The molecule has 0 bridgehead atoms. The third kappa shape index (κ3) is 3.55. The topological polar surface area (TPSA) is 23.5 Å². The number of hydrogen-bond acceptors (Lipinski definition) is 2. The molecule has 0 saturated carbocycles. The molecular formula is C22H29NO. The van der Waals surface area contributed by atoms with E-state index in [1.165, 1.54) is 12.8 Å². The number of likely N-dealkylation sites (tertiary alicyclic amines) is 1. The Bertz CT molecular complexity index is 575. The summed E-state index contributed by atoms with van der Waals surface area (Å²) in [6.45, 7) is 5.71. The molecule has 2 heteroatoms. The van der Waals surface area contributed by atoms with Crippen LogP contribution in [0.15, 0.2) is 60.7 Å². The minimum absolute atomic E-state index is 0.668. The van der Waals surface area contributed by atoms with Crippen molar-refractivity contribution >= 4 is 0 Å². The lowest BCUT2D eigenvalue weighted by molar-refractivity contribution is 0.0626. The third-order valence-electron chi connectivity index (χ3n) is 5.59. The van der Waals surface area contributed by atoms with E-state index in [1.54, 1.807) is 0 Å². The molecule has 2 nitrogen and oxygen atoms in total. The Morgan fingerprint density at radius 3 is 1.79 bits per heavy atom. The van der Waals surface area contributed by atoms with Crippen molar-refractivity contribution in [3.05, 3.63) is 71.8 Å². The predicted octanol–water partition coefficient (Wildman–Crippen LogP) is 4.58. The molecule has 2 aromatic carbocycles. The quantitative estimate of drug-likeness (QED) is 0.841. The fourth-order valence-corrected chi connectivity index (χ4v) is 4.09. The van der Waals surface area contributed by atoms with E-state index >= 15 is 0 Å². The monoisotopic (exact) mass is 323 g/mol. The van der Waals surface area contributed by atoms with Gasteiger partial charge in [0, 0.05) is 12.1 Å². The van der Waals surface area contributed by atoms with Crippen LogP contribution in [0, 0.1) is 0 Å². The zero-order valence-electron chi connectivity index (χ0n) is 14.9. The van der Waals surface area contributed by atoms with Gasteiger partial charge in [0.05, 0.1) is 0 Å². The molecular weight excluding hydrogens is 294 g/mol. The summed E-state index contributed by atoms with van der Waals surface area (Å²) < 4.78 is 0. The Balaban J connectivity index is 1.76. The molecule has 1 aliphatic rings. The molecule has 1 heterocycles. The number of aliphatic hydroxyl groups is 1. The molecule has 0 spiro atoms. The second-order valence-electron chi connectivity index (χ2n) is 7.21. The van der Waals surface area contributed by atoms with Crippen molar-refractivity contribution < 1.29 is 5.11 Å². The zero-order valence-corrected chi connectivity index (χ0v) is 14.9. The summed E-state index contributed by atoms with van der Waals surface area (Å²) in [6.07, 6.45) is 4.33. The summed E-state index contributed by atoms with van der Waals surface area (Å²) in [5.74, 6) is 0. The molecule has 0 aliphatic carbocycles. The van der Waals surface area contributed by atoms with Crippen LogP contribution in [0.2, 0.25) is 0 Å². The number of hydrogen-bond donors (Lipinski definition) is 1. The molecule has 1 aliphatic heterocycles. The lowest BCUT2D eigenvalue weighted by Crippen LogP contribution is -2.35. The Morgan fingerprint density at radius 2 is 1.33 bits per heavy atom. The van der Waals surface area contributed by atoms with Crippen molar-refractivity contribution in [3.63, 3.8) is 0 Å². The zero-order chi connectivity index (χ0) is 17.0. The van der Waals surface area contributed by atoms with Gasteiger partial charge in [0.2, 0.25) is 0 Å². The van der Waals surface area contributed by atoms with E-state index in [2.05, 4.69) is 18.7 Å². The van der Waals surface area contributed by atoms with E-state index in [4.69, 9.17) is 0 Å². The molecule has 3 rings (SSSR count). The Hall–Kier alpha value is -1.64. The highest BCUT2D eigenvalue weighted by Crippen LogP contribution is 2.34. The maximum Gasteiger partial charge on any atom is 0.115 e. The van der Waals surface area contributed by atoms with E-state index < -0.39 is 5.60 Å². The summed E-state index contributed by atoms with van der Waals surface area (Å²) in [5, 5.41) is 11.5. The van der Waals surface area contributed by atoms with Crippen LogP contribution < -0.4 is 0 Å². The summed E-state index contributed by atoms with van der Waals surface area (Å²) in [7, 11) is 0. The van der Waals surface area contributed by atoms with Gasteiger partial charge in [-0.15, -0.1) is 0 Å². The van der Waals surface area contributed by atoms with Gasteiger partial charge in [-0.05, 0) is 57.2 Å². The summed E-state index contributed by atoms with van der Waals surface area (Å²) >= 11 is 0. The molecule has 0 amide bonds. The van der Waals surface area contributed by atoms with E-state index in [9.17, 15) is 5.11 Å². The lowest BCUT2D eigenvalue weighted by Gasteiger charge is -2.32. The molecule has 2 aromatic rings. The summed E-state index contributed by atoms with van der Waals surface area (Å²) in [5.41, 5.74) is 1.06. The molecule has 24 heavy (non-hydrogen) atoms. The van der Waals surface area contributed by atoms with E-state index in [1.807, 2.05) is 60.7 Å². The average Bonchev–Trinajstić information content (AvgIpc) is 2.95. The number of benzene rings is 2. The molecule has 2 unspecified atom stereocenters. The highest BCUT2D eigenvalue weighted by Gasteiger charge is 2.32. The van der Waals surface area contributed by atoms with Gasteiger partial charge in [0.25, 0.3) is 0 Å². The summed E-state index contributed by atoms with van der Waals surface area (Å²) in [4.78, 5) is 2.59. The van der Waals surface area contributed by atoms with Crippen molar-refractivity contribution in [2.75, 3.05) is 6.54 Å². The van der Waals surface area contributed by atoms with Gasteiger partial charge in [-0.3, -0.25) is 4.90 Å². The fourth-order valence-electron chi connectivity index (χ4n) is 4.09. The second-order valence-corrected chi connectivity index (χ2v) is 7.21. The fraction of sp³-hybridized carbons (Fsp3) is 0.455. The van der Waals surface area contributed by atoms with Crippen LogP contribution in [0.1, 0.15) is 50.7 Å². The molecule has 2 atom stereocenters. The first-order valence-electron chi connectivity index (χ1n) is 9.20. The highest BCUT2D eigenvalue weighted by atomic mass is 16.3. The maximum absolute atomic E-state index is 11.5. The van der Waals surface area contributed by atoms with Crippen LogP contribution in [0.5, 0.6) is 0 Å². The van der Waals surface area contributed by atoms with Gasteiger partial charge < -0.3 is 5.11 Å². The van der Waals surface area contributed by atoms with Gasteiger partial charge in [-0.2, -0.15) is 0 Å². The third-order valence-corrected chi connectivity index (χ3v) is 5.59. The molecule has 0 aromatic heterocycles. The van der Waals surface area contributed by atoms with E-state index in [-0.39, 0.29) is 0 Å². The molecule has 1 N–H and O–H groups in total. The number of nitrogens with zero attached hydrogens (tertiary/aromatic N) is 1.